The van der Waals surface area contributed by atoms with E-state index >= 15 is 0 Å². The maximum absolute atomic E-state index is 12.4. The van der Waals surface area contributed by atoms with Crippen LogP contribution in [0, 0.1) is 27.7 Å². The van der Waals surface area contributed by atoms with Gasteiger partial charge in [0.25, 0.3) is 0 Å². The highest BCUT2D eigenvalue weighted by Gasteiger charge is 2.15. The molecule has 0 bridgehead atoms. The maximum Gasteiger partial charge on any atom is 0.234 e. The van der Waals surface area contributed by atoms with Crippen molar-refractivity contribution in [2.45, 2.75) is 32.6 Å². The molecule has 3 aromatic rings. The van der Waals surface area contributed by atoms with Crippen molar-refractivity contribution in [3.05, 3.63) is 65.2 Å². The standard InChI is InChI=1S/C20H22N4OS/c1-13-5-7-17(8-6-13)24-16(4)20(15(3)23-24)22-19(25)12-26-18-9-10-21-11-14(18)2/h5-11H,12H2,1-4H3,(H,22,25). The molecule has 0 saturated heterocycles. The monoisotopic (exact) mass is 366 g/mol. The molecule has 1 amide bonds. The van der Waals surface area contributed by atoms with Gasteiger partial charge in [-0.05, 0) is 51.5 Å². The van der Waals surface area contributed by atoms with Crippen LogP contribution >= 0.6 is 11.8 Å². The van der Waals surface area contributed by atoms with E-state index in [1.165, 1.54) is 17.3 Å². The van der Waals surface area contributed by atoms with E-state index in [0.29, 0.717) is 5.75 Å². The molecule has 0 fully saturated rings. The average Bonchev–Trinajstić information content (AvgIpc) is 2.90. The summed E-state index contributed by atoms with van der Waals surface area (Å²) in [5, 5.41) is 7.59. The number of carbonyl (C=O) groups is 1. The Hall–Kier alpha value is -2.60. The first-order valence-corrected chi connectivity index (χ1v) is 9.41. The first kappa shape index (κ1) is 18.2. The molecule has 0 unspecified atom stereocenters. The van der Waals surface area contributed by atoms with Crippen LogP contribution in [0.4, 0.5) is 5.69 Å². The summed E-state index contributed by atoms with van der Waals surface area (Å²) in [6.45, 7) is 7.93. The summed E-state index contributed by atoms with van der Waals surface area (Å²) >= 11 is 1.51. The Balaban J connectivity index is 1.72. The molecule has 0 radical (unpaired) electrons. The van der Waals surface area contributed by atoms with Crippen molar-refractivity contribution in [2.24, 2.45) is 0 Å². The fourth-order valence-corrected chi connectivity index (χ4v) is 3.50. The molecular weight excluding hydrogens is 344 g/mol. The fourth-order valence-electron chi connectivity index (χ4n) is 2.70. The molecule has 2 aromatic heterocycles. The molecule has 0 aliphatic carbocycles. The second-order valence-electron chi connectivity index (χ2n) is 6.27. The third-order valence-corrected chi connectivity index (χ3v) is 5.34. The molecule has 2 heterocycles. The SMILES string of the molecule is Cc1ccc(-n2nc(C)c(NC(=O)CSc3ccncc3C)c2C)cc1. The third kappa shape index (κ3) is 3.96. The minimum absolute atomic E-state index is 0.0409. The van der Waals surface area contributed by atoms with Gasteiger partial charge in [0.1, 0.15) is 0 Å². The highest BCUT2D eigenvalue weighted by Crippen LogP contribution is 2.25. The lowest BCUT2D eigenvalue weighted by Crippen LogP contribution is -2.15. The highest BCUT2D eigenvalue weighted by molar-refractivity contribution is 8.00. The zero-order valence-electron chi connectivity index (χ0n) is 15.4. The van der Waals surface area contributed by atoms with E-state index in [2.05, 4.69) is 34.5 Å². The number of rotatable bonds is 5. The quantitative estimate of drug-likeness (QED) is 0.687. The number of nitrogens with one attached hydrogen (secondary N) is 1. The molecular formula is C20H22N4OS. The van der Waals surface area contributed by atoms with Crippen molar-refractivity contribution in [1.82, 2.24) is 14.8 Å². The van der Waals surface area contributed by atoms with Gasteiger partial charge in [0.05, 0.1) is 28.5 Å². The lowest BCUT2D eigenvalue weighted by molar-refractivity contribution is -0.113. The molecule has 26 heavy (non-hydrogen) atoms. The van der Waals surface area contributed by atoms with Gasteiger partial charge in [-0.2, -0.15) is 5.10 Å². The Kier molecular flexibility index (Phi) is 5.42. The summed E-state index contributed by atoms with van der Waals surface area (Å²) in [7, 11) is 0. The number of aryl methyl sites for hydroxylation is 3. The first-order valence-electron chi connectivity index (χ1n) is 8.42. The Morgan fingerprint density at radius 2 is 1.85 bits per heavy atom. The molecule has 0 aliphatic rings. The van der Waals surface area contributed by atoms with Crippen LogP contribution in [0.5, 0.6) is 0 Å². The van der Waals surface area contributed by atoms with Gasteiger partial charge in [0.15, 0.2) is 0 Å². The minimum atomic E-state index is -0.0409. The predicted molar refractivity (Wildman–Crippen MR) is 106 cm³/mol. The molecule has 0 saturated carbocycles. The second kappa shape index (κ2) is 7.74. The molecule has 0 aliphatic heterocycles. The normalized spacial score (nSPS) is 10.8. The van der Waals surface area contributed by atoms with Gasteiger partial charge >= 0.3 is 0 Å². The number of benzene rings is 1. The van der Waals surface area contributed by atoms with Gasteiger partial charge < -0.3 is 5.32 Å². The lowest BCUT2D eigenvalue weighted by Gasteiger charge is -2.08. The van der Waals surface area contributed by atoms with Crippen molar-refractivity contribution in [3.63, 3.8) is 0 Å². The Bertz CT molecular complexity index is 931. The molecule has 5 nitrogen and oxygen atoms in total. The van der Waals surface area contributed by atoms with Gasteiger partial charge in [-0.25, -0.2) is 4.68 Å². The summed E-state index contributed by atoms with van der Waals surface area (Å²) in [5.74, 6) is 0.306. The second-order valence-corrected chi connectivity index (χ2v) is 7.29. The zero-order valence-corrected chi connectivity index (χ0v) is 16.2. The molecule has 3 rings (SSSR count). The van der Waals surface area contributed by atoms with Crippen LogP contribution in [0.25, 0.3) is 5.69 Å². The van der Waals surface area contributed by atoms with E-state index in [0.717, 1.165) is 33.2 Å². The van der Waals surface area contributed by atoms with Crippen molar-refractivity contribution < 1.29 is 4.79 Å². The van der Waals surface area contributed by atoms with Crippen LogP contribution in [-0.2, 0) is 4.79 Å². The number of nitrogens with zero attached hydrogens (tertiary/aromatic N) is 3. The Morgan fingerprint density at radius 1 is 1.12 bits per heavy atom. The number of carbonyl (C=O) groups excluding carboxylic acids is 1. The van der Waals surface area contributed by atoms with E-state index in [9.17, 15) is 4.79 Å². The maximum atomic E-state index is 12.4. The largest absolute Gasteiger partial charge is 0.322 e. The number of aromatic nitrogens is 3. The summed E-state index contributed by atoms with van der Waals surface area (Å²) in [6, 6.07) is 10.1. The zero-order chi connectivity index (χ0) is 18.7. The predicted octanol–water partition coefficient (Wildman–Crippen LogP) is 4.23. The lowest BCUT2D eigenvalue weighted by atomic mass is 10.2. The molecule has 134 valence electrons. The molecule has 6 heteroatoms. The number of hydrogen-bond donors (Lipinski definition) is 1. The fraction of sp³-hybridized carbons (Fsp3) is 0.250. The molecule has 0 atom stereocenters. The van der Waals surface area contributed by atoms with E-state index in [1.54, 1.807) is 12.4 Å². The summed E-state index contributed by atoms with van der Waals surface area (Å²) in [5.41, 5.74) is 5.77. The van der Waals surface area contributed by atoms with Crippen LogP contribution in [0.15, 0.2) is 47.6 Å². The Labute approximate surface area is 157 Å². The van der Waals surface area contributed by atoms with Crippen LogP contribution in [0.1, 0.15) is 22.5 Å². The molecule has 0 spiro atoms. The van der Waals surface area contributed by atoms with Crippen molar-refractivity contribution in [3.8, 4) is 5.69 Å². The van der Waals surface area contributed by atoms with Crippen molar-refractivity contribution >= 4 is 23.4 Å². The molecule has 1 aromatic carbocycles. The van der Waals surface area contributed by atoms with Gasteiger partial charge in [-0.3, -0.25) is 9.78 Å². The number of pyridine rings is 1. The van der Waals surface area contributed by atoms with Gasteiger partial charge in [-0.15, -0.1) is 11.8 Å². The molecule has 1 N–H and O–H groups in total. The van der Waals surface area contributed by atoms with Gasteiger partial charge in [-0.1, -0.05) is 17.7 Å². The highest BCUT2D eigenvalue weighted by atomic mass is 32.2. The van der Waals surface area contributed by atoms with Crippen LogP contribution in [-0.4, -0.2) is 26.4 Å². The van der Waals surface area contributed by atoms with E-state index in [4.69, 9.17) is 0 Å². The number of amides is 1. The Morgan fingerprint density at radius 3 is 2.54 bits per heavy atom. The summed E-state index contributed by atoms with van der Waals surface area (Å²) < 4.78 is 1.87. The van der Waals surface area contributed by atoms with E-state index in [-0.39, 0.29) is 5.91 Å². The average molecular weight is 366 g/mol. The number of thioether (sulfide) groups is 1. The summed E-state index contributed by atoms with van der Waals surface area (Å²) in [4.78, 5) is 17.6. The van der Waals surface area contributed by atoms with Crippen molar-refractivity contribution in [1.29, 1.82) is 0 Å². The van der Waals surface area contributed by atoms with E-state index in [1.807, 2.05) is 43.7 Å². The topological polar surface area (TPSA) is 59.8 Å². The van der Waals surface area contributed by atoms with Crippen LogP contribution in [0.2, 0.25) is 0 Å². The van der Waals surface area contributed by atoms with Gasteiger partial charge in [0.2, 0.25) is 5.91 Å². The van der Waals surface area contributed by atoms with E-state index < -0.39 is 0 Å². The van der Waals surface area contributed by atoms with Crippen LogP contribution < -0.4 is 5.32 Å². The third-order valence-electron chi connectivity index (χ3n) is 4.16. The number of hydrogen-bond acceptors (Lipinski definition) is 4. The minimum Gasteiger partial charge on any atom is -0.322 e. The first-order chi connectivity index (χ1) is 12.5. The number of anilines is 1. The smallest absolute Gasteiger partial charge is 0.234 e. The van der Waals surface area contributed by atoms with Crippen molar-refractivity contribution in [2.75, 3.05) is 11.1 Å². The summed E-state index contributed by atoms with van der Waals surface area (Å²) in [6.07, 6.45) is 3.55. The van der Waals surface area contributed by atoms with Gasteiger partial charge in [0, 0.05) is 17.3 Å². The van der Waals surface area contributed by atoms with Crippen LogP contribution in [0.3, 0.4) is 0 Å².